The second-order valence-electron chi connectivity index (χ2n) is 4.89. The van der Waals surface area contributed by atoms with E-state index < -0.39 is 0 Å². The van der Waals surface area contributed by atoms with Gasteiger partial charge in [-0.2, -0.15) is 0 Å². The minimum Gasteiger partial charge on any atom is -0.496 e. The predicted octanol–water partition coefficient (Wildman–Crippen LogP) is 3.75. The zero-order valence-electron chi connectivity index (χ0n) is 12.6. The van der Waals surface area contributed by atoms with E-state index in [9.17, 15) is 4.79 Å². The van der Waals surface area contributed by atoms with Gasteiger partial charge in [-0.05, 0) is 37.3 Å². The Morgan fingerprint density at radius 1 is 1.18 bits per heavy atom. The Kier molecular flexibility index (Phi) is 5.83. The molecule has 0 radical (unpaired) electrons. The summed E-state index contributed by atoms with van der Waals surface area (Å²) >= 11 is 3.38. The Bertz CT molecular complexity index is 629. The van der Waals surface area contributed by atoms with Crippen molar-refractivity contribution >= 4 is 27.5 Å². The Morgan fingerprint density at radius 2 is 1.86 bits per heavy atom. The van der Waals surface area contributed by atoms with Crippen LogP contribution in [0.4, 0.5) is 5.69 Å². The van der Waals surface area contributed by atoms with E-state index in [2.05, 4.69) is 26.6 Å². The van der Waals surface area contributed by atoms with E-state index in [1.54, 1.807) is 7.11 Å². The zero-order valence-corrected chi connectivity index (χ0v) is 14.2. The number of rotatable bonds is 6. The molecule has 0 saturated carbocycles. The van der Waals surface area contributed by atoms with Gasteiger partial charge in [0.25, 0.3) is 0 Å². The van der Waals surface area contributed by atoms with Crippen molar-refractivity contribution in [1.82, 2.24) is 5.32 Å². The lowest BCUT2D eigenvalue weighted by Crippen LogP contribution is -2.32. The van der Waals surface area contributed by atoms with Crippen LogP contribution in [0.1, 0.15) is 18.5 Å². The van der Waals surface area contributed by atoms with Crippen LogP contribution in [0.25, 0.3) is 0 Å². The van der Waals surface area contributed by atoms with Gasteiger partial charge in [-0.3, -0.25) is 4.79 Å². The van der Waals surface area contributed by atoms with Crippen LogP contribution in [-0.2, 0) is 4.79 Å². The molecule has 0 spiro atoms. The van der Waals surface area contributed by atoms with Crippen LogP contribution < -0.4 is 15.4 Å². The standard InChI is InChI=1S/C17H19BrN2O2/c1-12(15-5-3-4-6-16(15)22-2)20-17(21)11-19-14-9-7-13(18)8-10-14/h3-10,12,19H,11H2,1-2H3,(H,20,21). The van der Waals surface area contributed by atoms with Crippen molar-refractivity contribution in [2.24, 2.45) is 0 Å². The molecule has 0 fully saturated rings. The molecular formula is C17H19BrN2O2. The third-order valence-corrected chi connectivity index (χ3v) is 3.81. The number of carbonyl (C=O) groups excluding carboxylic acids is 1. The molecule has 0 aliphatic carbocycles. The average molecular weight is 363 g/mol. The first-order valence-electron chi connectivity index (χ1n) is 7.02. The SMILES string of the molecule is COc1ccccc1C(C)NC(=O)CNc1ccc(Br)cc1. The molecule has 0 saturated heterocycles. The number of hydrogen-bond donors (Lipinski definition) is 2. The number of amides is 1. The van der Waals surface area contributed by atoms with Crippen molar-refractivity contribution in [3.05, 3.63) is 58.6 Å². The summed E-state index contributed by atoms with van der Waals surface area (Å²) < 4.78 is 6.32. The van der Waals surface area contributed by atoms with Crippen LogP contribution in [0.2, 0.25) is 0 Å². The van der Waals surface area contributed by atoms with Gasteiger partial charge in [0.1, 0.15) is 5.75 Å². The second-order valence-corrected chi connectivity index (χ2v) is 5.81. The monoisotopic (exact) mass is 362 g/mol. The van der Waals surface area contributed by atoms with Gasteiger partial charge in [-0.25, -0.2) is 0 Å². The van der Waals surface area contributed by atoms with Crippen LogP contribution in [0.3, 0.4) is 0 Å². The predicted molar refractivity (Wildman–Crippen MR) is 92.2 cm³/mol. The molecule has 116 valence electrons. The van der Waals surface area contributed by atoms with Gasteiger partial charge in [0.15, 0.2) is 0 Å². The van der Waals surface area contributed by atoms with Gasteiger partial charge >= 0.3 is 0 Å². The summed E-state index contributed by atoms with van der Waals surface area (Å²) in [4.78, 5) is 12.0. The molecule has 4 nitrogen and oxygen atoms in total. The van der Waals surface area contributed by atoms with Crippen LogP contribution in [0.5, 0.6) is 5.75 Å². The number of para-hydroxylation sites is 1. The van der Waals surface area contributed by atoms with Crippen molar-refractivity contribution in [2.75, 3.05) is 19.0 Å². The lowest BCUT2D eigenvalue weighted by molar-refractivity contribution is -0.120. The molecule has 0 aromatic heterocycles. The average Bonchev–Trinajstić information content (AvgIpc) is 2.54. The van der Waals surface area contributed by atoms with Crippen molar-refractivity contribution < 1.29 is 9.53 Å². The fourth-order valence-corrected chi connectivity index (χ4v) is 2.41. The maximum absolute atomic E-state index is 12.0. The van der Waals surface area contributed by atoms with Gasteiger partial charge in [0.2, 0.25) is 5.91 Å². The summed E-state index contributed by atoms with van der Waals surface area (Å²) in [6.07, 6.45) is 0. The molecule has 5 heteroatoms. The first-order valence-corrected chi connectivity index (χ1v) is 7.81. The van der Waals surface area contributed by atoms with Crippen molar-refractivity contribution in [3.63, 3.8) is 0 Å². The summed E-state index contributed by atoms with van der Waals surface area (Å²) in [5.74, 6) is 0.706. The molecule has 0 heterocycles. The summed E-state index contributed by atoms with van der Waals surface area (Å²) in [6.45, 7) is 2.16. The number of anilines is 1. The Morgan fingerprint density at radius 3 is 2.55 bits per heavy atom. The molecular weight excluding hydrogens is 344 g/mol. The van der Waals surface area contributed by atoms with Crippen LogP contribution in [0, 0.1) is 0 Å². The van der Waals surface area contributed by atoms with E-state index >= 15 is 0 Å². The summed E-state index contributed by atoms with van der Waals surface area (Å²) in [5, 5.41) is 6.05. The molecule has 22 heavy (non-hydrogen) atoms. The quantitative estimate of drug-likeness (QED) is 0.822. The van der Waals surface area contributed by atoms with E-state index in [0.29, 0.717) is 0 Å². The van der Waals surface area contributed by atoms with Crippen LogP contribution in [0.15, 0.2) is 53.0 Å². The number of benzene rings is 2. The molecule has 0 aliphatic rings. The smallest absolute Gasteiger partial charge is 0.239 e. The Hall–Kier alpha value is -2.01. The van der Waals surface area contributed by atoms with E-state index in [0.717, 1.165) is 21.5 Å². The highest BCUT2D eigenvalue weighted by molar-refractivity contribution is 9.10. The fourth-order valence-electron chi connectivity index (χ4n) is 2.14. The van der Waals surface area contributed by atoms with E-state index in [1.165, 1.54) is 0 Å². The topological polar surface area (TPSA) is 50.4 Å². The zero-order chi connectivity index (χ0) is 15.9. The first-order chi connectivity index (χ1) is 10.6. The summed E-state index contributed by atoms with van der Waals surface area (Å²) in [6, 6.07) is 15.3. The van der Waals surface area contributed by atoms with Crippen molar-refractivity contribution in [2.45, 2.75) is 13.0 Å². The molecule has 1 unspecified atom stereocenters. The lowest BCUT2D eigenvalue weighted by Gasteiger charge is -2.17. The normalized spacial score (nSPS) is 11.6. The van der Waals surface area contributed by atoms with Gasteiger partial charge in [0, 0.05) is 15.7 Å². The molecule has 0 aliphatic heterocycles. The number of carbonyl (C=O) groups is 1. The Balaban J connectivity index is 1.90. The molecule has 1 atom stereocenters. The molecule has 2 rings (SSSR count). The van der Waals surface area contributed by atoms with Gasteiger partial charge in [-0.15, -0.1) is 0 Å². The number of halogens is 1. The minimum absolute atomic E-state index is 0.0682. The van der Waals surface area contributed by atoms with Gasteiger partial charge < -0.3 is 15.4 Å². The van der Waals surface area contributed by atoms with Crippen LogP contribution >= 0.6 is 15.9 Å². The molecule has 1 amide bonds. The fraction of sp³-hybridized carbons (Fsp3) is 0.235. The lowest BCUT2D eigenvalue weighted by atomic mass is 10.1. The second kappa shape index (κ2) is 7.84. The molecule has 2 N–H and O–H groups in total. The molecule has 0 bridgehead atoms. The number of hydrogen-bond acceptors (Lipinski definition) is 3. The highest BCUT2D eigenvalue weighted by Gasteiger charge is 2.13. The number of nitrogens with one attached hydrogen (secondary N) is 2. The van der Waals surface area contributed by atoms with Crippen LogP contribution in [-0.4, -0.2) is 19.6 Å². The minimum atomic E-state index is -0.115. The summed E-state index contributed by atoms with van der Waals surface area (Å²) in [5.41, 5.74) is 1.87. The third-order valence-electron chi connectivity index (χ3n) is 3.28. The molecule has 2 aromatic carbocycles. The summed E-state index contributed by atoms with van der Waals surface area (Å²) in [7, 11) is 1.63. The maximum Gasteiger partial charge on any atom is 0.239 e. The Labute approximate surface area is 139 Å². The first kappa shape index (κ1) is 16.4. The highest BCUT2D eigenvalue weighted by Crippen LogP contribution is 2.24. The molecule has 2 aromatic rings. The van der Waals surface area contributed by atoms with Gasteiger partial charge in [0.05, 0.1) is 19.7 Å². The highest BCUT2D eigenvalue weighted by atomic mass is 79.9. The van der Waals surface area contributed by atoms with Crippen molar-refractivity contribution in [3.8, 4) is 5.75 Å². The van der Waals surface area contributed by atoms with Gasteiger partial charge in [-0.1, -0.05) is 34.1 Å². The van der Waals surface area contributed by atoms with Crippen molar-refractivity contribution in [1.29, 1.82) is 0 Å². The number of methoxy groups -OCH3 is 1. The largest absolute Gasteiger partial charge is 0.496 e. The third kappa shape index (κ3) is 4.49. The van der Waals surface area contributed by atoms with E-state index in [4.69, 9.17) is 4.74 Å². The number of ether oxygens (including phenoxy) is 1. The maximum atomic E-state index is 12.0. The van der Waals surface area contributed by atoms with E-state index in [-0.39, 0.29) is 18.5 Å². The van der Waals surface area contributed by atoms with E-state index in [1.807, 2.05) is 55.5 Å².